The molecule has 0 spiro atoms. The zero-order valence-electron chi connectivity index (χ0n) is 17.1. The zero-order valence-corrected chi connectivity index (χ0v) is 17.1. The molecule has 0 saturated heterocycles. The number of aliphatic hydroxyl groups is 1. The van der Waals surface area contributed by atoms with Crippen LogP contribution in [0, 0.1) is 11.6 Å². The molecule has 4 heteroatoms. The van der Waals surface area contributed by atoms with Gasteiger partial charge in [0.15, 0.2) is 0 Å². The van der Waals surface area contributed by atoms with E-state index in [9.17, 15) is 13.9 Å². The van der Waals surface area contributed by atoms with E-state index in [1.165, 1.54) is 23.3 Å². The Morgan fingerprint density at radius 2 is 1.83 bits per heavy atom. The average Bonchev–Trinajstić information content (AvgIpc) is 2.69. The Kier molecular flexibility index (Phi) is 9.75. The summed E-state index contributed by atoms with van der Waals surface area (Å²) in [6.07, 6.45) is 9.03. The third-order valence-electron chi connectivity index (χ3n) is 4.86. The van der Waals surface area contributed by atoms with Crippen LogP contribution in [0.4, 0.5) is 8.78 Å². The predicted molar refractivity (Wildman–Crippen MR) is 116 cm³/mol. The van der Waals surface area contributed by atoms with Crippen LogP contribution in [-0.2, 0) is 12.8 Å². The van der Waals surface area contributed by atoms with Crippen LogP contribution in [0.3, 0.4) is 0 Å². The molecule has 0 aromatic heterocycles. The first-order valence-electron chi connectivity index (χ1n) is 10.2. The monoisotopic (exact) mass is 399 g/mol. The second-order valence-corrected chi connectivity index (χ2v) is 7.24. The lowest BCUT2D eigenvalue weighted by atomic mass is 9.95. The van der Waals surface area contributed by atoms with Crippen LogP contribution in [0.2, 0.25) is 0 Å². The molecule has 0 heterocycles. The maximum absolute atomic E-state index is 13.3. The van der Waals surface area contributed by atoms with Gasteiger partial charge in [0.25, 0.3) is 0 Å². The molecular weight excluding hydrogens is 368 g/mol. The molecule has 2 aromatic rings. The molecule has 0 amide bonds. The van der Waals surface area contributed by atoms with E-state index in [0.717, 1.165) is 25.3 Å². The van der Waals surface area contributed by atoms with E-state index in [-0.39, 0.29) is 6.04 Å². The summed E-state index contributed by atoms with van der Waals surface area (Å²) in [5.41, 5.74) is 2.97. The molecule has 29 heavy (non-hydrogen) atoms. The summed E-state index contributed by atoms with van der Waals surface area (Å²) in [6.45, 7) is 6.35. The summed E-state index contributed by atoms with van der Waals surface area (Å²) in [5, 5.41) is 13.9. The van der Waals surface area contributed by atoms with E-state index < -0.39 is 17.7 Å². The van der Waals surface area contributed by atoms with Gasteiger partial charge in [0.1, 0.15) is 11.6 Å². The second kappa shape index (κ2) is 12.3. The van der Waals surface area contributed by atoms with Crippen LogP contribution in [0.5, 0.6) is 0 Å². The highest BCUT2D eigenvalue weighted by molar-refractivity contribution is 5.32. The number of nitrogens with one attached hydrogen (secondary N) is 1. The lowest BCUT2D eigenvalue weighted by molar-refractivity contribution is 0.157. The summed E-state index contributed by atoms with van der Waals surface area (Å²) in [7, 11) is 0. The Hall–Kier alpha value is -2.30. The fraction of sp³-hybridized carbons (Fsp3) is 0.360. The van der Waals surface area contributed by atoms with Crippen molar-refractivity contribution in [3.05, 3.63) is 95.6 Å². The Labute approximate surface area is 173 Å². The highest BCUT2D eigenvalue weighted by Crippen LogP contribution is 2.23. The van der Waals surface area contributed by atoms with Crippen molar-refractivity contribution >= 4 is 0 Å². The molecule has 2 unspecified atom stereocenters. The summed E-state index contributed by atoms with van der Waals surface area (Å²) in [6, 6.07) is 11.8. The van der Waals surface area contributed by atoms with E-state index >= 15 is 0 Å². The predicted octanol–water partition coefficient (Wildman–Crippen LogP) is 5.67. The van der Waals surface area contributed by atoms with Crippen LogP contribution in [0.15, 0.2) is 67.3 Å². The number of rotatable bonds is 12. The van der Waals surface area contributed by atoms with E-state index in [4.69, 9.17) is 0 Å². The van der Waals surface area contributed by atoms with E-state index in [1.54, 1.807) is 0 Å². The number of hydrogen-bond acceptors (Lipinski definition) is 2. The van der Waals surface area contributed by atoms with Crippen molar-refractivity contribution in [2.75, 3.05) is 6.54 Å². The molecular formula is C25H31F2NO. The lowest BCUT2D eigenvalue weighted by Gasteiger charge is -2.22. The fourth-order valence-corrected chi connectivity index (χ4v) is 3.40. The van der Waals surface area contributed by atoms with Crippen molar-refractivity contribution in [2.24, 2.45) is 0 Å². The van der Waals surface area contributed by atoms with Gasteiger partial charge >= 0.3 is 0 Å². The molecule has 0 aliphatic rings. The summed E-state index contributed by atoms with van der Waals surface area (Å²) in [5.74, 6) is -1.18. The molecule has 2 atom stereocenters. The first kappa shape index (κ1) is 23.0. The van der Waals surface area contributed by atoms with Gasteiger partial charge in [-0.3, -0.25) is 0 Å². The van der Waals surface area contributed by atoms with Crippen LogP contribution in [-0.4, -0.2) is 17.8 Å². The molecule has 0 aliphatic carbocycles. The topological polar surface area (TPSA) is 32.3 Å². The van der Waals surface area contributed by atoms with Gasteiger partial charge in [-0.15, -0.1) is 6.58 Å². The van der Waals surface area contributed by atoms with Gasteiger partial charge in [-0.25, -0.2) is 8.78 Å². The summed E-state index contributed by atoms with van der Waals surface area (Å²) in [4.78, 5) is 0. The molecule has 2 aromatic carbocycles. The smallest absolute Gasteiger partial charge is 0.126 e. The third-order valence-corrected chi connectivity index (χ3v) is 4.86. The number of aliphatic hydroxyl groups excluding tert-OH is 1. The van der Waals surface area contributed by atoms with Gasteiger partial charge in [0.2, 0.25) is 0 Å². The molecule has 0 aliphatic heterocycles. The fourth-order valence-electron chi connectivity index (χ4n) is 3.40. The van der Waals surface area contributed by atoms with Crippen LogP contribution >= 0.6 is 0 Å². The molecule has 0 fully saturated rings. The van der Waals surface area contributed by atoms with E-state index in [2.05, 4.69) is 43.1 Å². The minimum Gasteiger partial charge on any atom is -0.392 e. The number of allylic oxidation sites excluding steroid dienone is 2. The van der Waals surface area contributed by atoms with Crippen molar-refractivity contribution in [3.8, 4) is 0 Å². The quantitative estimate of drug-likeness (QED) is 0.451. The molecule has 0 saturated carbocycles. The normalized spacial score (nSPS) is 13.5. The lowest BCUT2D eigenvalue weighted by Crippen LogP contribution is -2.31. The first-order valence-corrected chi connectivity index (χ1v) is 10.2. The minimum atomic E-state index is -0.606. The van der Waals surface area contributed by atoms with Crippen molar-refractivity contribution < 1.29 is 13.9 Å². The SMILES string of the molecule is C=CCc1ccccc1C(C/C=C/CC)NCC(O)CCc1cc(F)cc(F)c1. The number of hydrogen-bond donors (Lipinski definition) is 2. The van der Waals surface area contributed by atoms with Gasteiger partial charge in [-0.1, -0.05) is 49.4 Å². The van der Waals surface area contributed by atoms with Gasteiger partial charge < -0.3 is 10.4 Å². The maximum atomic E-state index is 13.3. The Balaban J connectivity index is 1.99. The van der Waals surface area contributed by atoms with Crippen LogP contribution in [0.1, 0.15) is 48.9 Å². The second-order valence-electron chi connectivity index (χ2n) is 7.24. The number of halogens is 2. The number of benzene rings is 2. The van der Waals surface area contributed by atoms with Gasteiger partial charge in [-0.2, -0.15) is 0 Å². The summed E-state index contributed by atoms with van der Waals surface area (Å²) >= 11 is 0. The minimum absolute atomic E-state index is 0.0789. The summed E-state index contributed by atoms with van der Waals surface area (Å²) < 4.78 is 26.6. The van der Waals surface area contributed by atoms with Crippen molar-refractivity contribution in [1.82, 2.24) is 5.32 Å². The molecule has 2 rings (SSSR count). The maximum Gasteiger partial charge on any atom is 0.126 e. The first-order chi connectivity index (χ1) is 14.0. The van der Waals surface area contributed by atoms with Crippen LogP contribution < -0.4 is 5.32 Å². The van der Waals surface area contributed by atoms with Gasteiger partial charge in [-0.05, 0) is 60.9 Å². The highest BCUT2D eigenvalue weighted by atomic mass is 19.1. The Morgan fingerprint density at radius 3 is 2.52 bits per heavy atom. The molecule has 0 bridgehead atoms. The largest absolute Gasteiger partial charge is 0.392 e. The Morgan fingerprint density at radius 1 is 1.10 bits per heavy atom. The number of aryl methyl sites for hydroxylation is 1. The molecule has 2 N–H and O–H groups in total. The van der Waals surface area contributed by atoms with Crippen LogP contribution in [0.25, 0.3) is 0 Å². The van der Waals surface area contributed by atoms with E-state index in [0.29, 0.717) is 24.9 Å². The van der Waals surface area contributed by atoms with E-state index in [1.807, 2.05) is 18.2 Å². The van der Waals surface area contributed by atoms with Crippen molar-refractivity contribution in [2.45, 2.75) is 51.2 Å². The molecule has 2 nitrogen and oxygen atoms in total. The van der Waals surface area contributed by atoms with Gasteiger partial charge in [0.05, 0.1) is 6.10 Å². The Bertz CT molecular complexity index is 783. The van der Waals surface area contributed by atoms with Gasteiger partial charge in [0, 0.05) is 18.7 Å². The zero-order chi connectivity index (χ0) is 21.1. The third kappa shape index (κ3) is 7.92. The standard InChI is InChI=1S/C25H31F2NO/c1-3-5-6-12-25(24-11-8-7-10-20(24)9-4-2)28-18-23(29)14-13-19-15-21(26)17-22(27)16-19/h4-8,10-11,15-17,23,25,28-29H,2-3,9,12-14,18H2,1H3/b6-5+. The molecule has 156 valence electrons. The van der Waals surface area contributed by atoms with Crippen molar-refractivity contribution in [1.29, 1.82) is 0 Å². The average molecular weight is 400 g/mol. The molecule has 0 radical (unpaired) electrons. The van der Waals surface area contributed by atoms with Crippen molar-refractivity contribution in [3.63, 3.8) is 0 Å². The highest BCUT2D eigenvalue weighted by Gasteiger charge is 2.15.